The third-order valence-corrected chi connectivity index (χ3v) is 3.88. The fourth-order valence-electron chi connectivity index (χ4n) is 2.47. The van der Waals surface area contributed by atoms with Gasteiger partial charge < -0.3 is 4.90 Å². The van der Waals surface area contributed by atoms with Crippen LogP contribution in [0.15, 0.2) is 36.8 Å². The quantitative estimate of drug-likeness (QED) is 0.817. The summed E-state index contributed by atoms with van der Waals surface area (Å²) in [5.74, 6) is 0.212. The van der Waals surface area contributed by atoms with Gasteiger partial charge in [-0.2, -0.15) is 5.10 Å². The molecule has 1 aliphatic carbocycles. The first kappa shape index (κ1) is 13.8. The Morgan fingerprint density at radius 2 is 2.05 bits per heavy atom. The molecule has 0 spiro atoms. The van der Waals surface area contributed by atoms with E-state index in [1.807, 2.05) is 34.7 Å². The number of pyridine rings is 1. The summed E-state index contributed by atoms with van der Waals surface area (Å²) < 4.78 is 1.88. The third kappa shape index (κ3) is 3.48. The van der Waals surface area contributed by atoms with Crippen LogP contribution in [-0.2, 0) is 17.9 Å². The highest BCUT2D eigenvalue weighted by molar-refractivity contribution is 5.76. The molecular formula is C16H20N4O. The van der Waals surface area contributed by atoms with E-state index < -0.39 is 0 Å². The summed E-state index contributed by atoms with van der Waals surface area (Å²) in [6.07, 6.45) is 8.07. The SMILES string of the molecule is Cc1ccnn1CCC(=O)N(Cc1ccncc1)C1CC1. The average molecular weight is 284 g/mol. The molecule has 0 atom stereocenters. The Morgan fingerprint density at radius 3 is 2.67 bits per heavy atom. The fraction of sp³-hybridized carbons (Fsp3) is 0.438. The number of carbonyl (C=O) groups is 1. The summed E-state index contributed by atoms with van der Waals surface area (Å²) in [7, 11) is 0. The Balaban J connectivity index is 1.61. The molecule has 0 aromatic carbocycles. The molecule has 2 aromatic rings. The standard InChI is InChI=1S/C16H20N4O/c1-13-4-10-18-20(13)11-7-16(21)19(15-2-3-15)12-14-5-8-17-9-6-14/h4-6,8-10,15H,2-3,7,11-12H2,1H3. The predicted octanol–water partition coefficient (Wildman–Crippen LogP) is 2.17. The van der Waals surface area contributed by atoms with Crippen LogP contribution >= 0.6 is 0 Å². The second kappa shape index (κ2) is 6.08. The highest BCUT2D eigenvalue weighted by Gasteiger charge is 2.32. The number of hydrogen-bond acceptors (Lipinski definition) is 3. The van der Waals surface area contributed by atoms with Gasteiger partial charge in [0.2, 0.25) is 5.91 Å². The Kier molecular flexibility index (Phi) is 3.99. The monoisotopic (exact) mass is 284 g/mol. The van der Waals surface area contributed by atoms with Crippen molar-refractivity contribution < 1.29 is 4.79 Å². The summed E-state index contributed by atoms with van der Waals surface area (Å²) in [6.45, 7) is 3.34. The molecular weight excluding hydrogens is 264 g/mol. The predicted molar refractivity (Wildman–Crippen MR) is 79.4 cm³/mol. The van der Waals surface area contributed by atoms with Gasteiger partial charge in [-0.15, -0.1) is 0 Å². The van der Waals surface area contributed by atoms with Gasteiger partial charge in [-0.3, -0.25) is 14.5 Å². The van der Waals surface area contributed by atoms with Crippen molar-refractivity contribution in [3.05, 3.63) is 48.0 Å². The average Bonchev–Trinajstić information content (AvgIpc) is 3.26. The molecule has 2 aromatic heterocycles. The van der Waals surface area contributed by atoms with Gasteiger partial charge in [0.15, 0.2) is 0 Å². The van der Waals surface area contributed by atoms with Crippen LogP contribution in [0.1, 0.15) is 30.5 Å². The van der Waals surface area contributed by atoms with Gasteiger partial charge in [0, 0.05) is 49.8 Å². The van der Waals surface area contributed by atoms with Crippen LogP contribution in [0.3, 0.4) is 0 Å². The molecule has 1 aliphatic rings. The highest BCUT2D eigenvalue weighted by atomic mass is 16.2. The maximum absolute atomic E-state index is 12.5. The number of hydrogen-bond donors (Lipinski definition) is 0. The topological polar surface area (TPSA) is 51.0 Å². The molecule has 5 nitrogen and oxygen atoms in total. The summed E-state index contributed by atoms with van der Waals surface area (Å²) in [5.41, 5.74) is 2.23. The van der Waals surface area contributed by atoms with Gasteiger partial charge >= 0.3 is 0 Å². The minimum absolute atomic E-state index is 0.212. The van der Waals surface area contributed by atoms with Crippen LogP contribution in [-0.4, -0.2) is 31.6 Å². The van der Waals surface area contributed by atoms with Crippen LogP contribution in [0.25, 0.3) is 0 Å². The van der Waals surface area contributed by atoms with Crippen LogP contribution in [0.2, 0.25) is 0 Å². The van der Waals surface area contributed by atoms with Crippen molar-refractivity contribution in [1.82, 2.24) is 19.7 Å². The van der Waals surface area contributed by atoms with E-state index in [0.717, 1.165) is 24.1 Å². The Labute approximate surface area is 124 Å². The van der Waals surface area contributed by atoms with Crippen LogP contribution in [0.5, 0.6) is 0 Å². The number of carbonyl (C=O) groups excluding carboxylic acids is 1. The molecule has 1 fully saturated rings. The van der Waals surface area contributed by atoms with Crippen molar-refractivity contribution in [3.8, 4) is 0 Å². The molecule has 110 valence electrons. The second-order valence-electron chi connectivity index (χ2n) is 5.55. The summed E-state index contributed by atoms with van der Waals surface area (Å²) in [4.78, 5) is 18.5. The van der Waals surface area contributed by atoms with E-state index in [1.165, 1.54) is 0 Å². The van der Waals surface area contributed by atoms with E-state index in [4.69, 9.17) is 0 Å². The lowest BCUT2D eigenvalue weighted by molar-refractivity contribution is -0.132. The van der Waals surface area contributed by atoms with Crippen LogP contribution in [0.4, 0.5) is 0 Å². The fourth-order valence-corrected chi connectivity index (χ4v) is 2.47. The molecule has 0 radical (unpaired) electrons. The second-order valence-corrected chi connectivity index (χ2v) is 5.55. The zero-order chi connectivity index (χ0) is 14.7. The lowest BCUT2D eigenvalue weighted by Gasteiger charge is -2.22. The number of aryl methyl sites for hydroxylation is 2. The molecule has 1 saturated carbocycles. The summed E-state index contributed by atoms with van der Waals surface area (Å²) in [5, 5.41) is 4.23. The zero-order valence-electron chi connectivity index (χ0n) is 12.3. The van der Waals surface area contributed by atoms with Crippen molar-refractivity contribution in [2.75, 3.05) is 0 Å². The Morgan fingerprint density at radius 1 is 1.29 bits per heavy atom. The van der Waals surface area contributed by atoms with Gasteiger partial charge in [-0.05, 0) is 43.5 Å². The molecule has 21 heavy (non-hydrogen) atoms. The van der Waals surface area contributed by atoms with E-state index in [2.05, 4.69) is 10.1 Å². The first-order chi connectivity index (χ1) is 10.2. The molecule has 0 aliphatic heterocycles. The molecule has 0 unspecified atom stereocenters. The largest absolute Gasteiger partial charge is 0.335 e. The van der Waals surface area contributed by atoms with E-state index in [9.17, 15) is 4.79 Å². The molecule has 3 rings (SSSR count). The maximum Gasteiger partial charge on any atom is 0.224 e. The van der Waals surface area contributed by atoms with Crippen LogP contribution < -0.4 is 0 Å². The van der Waals surface area contributed by atoms with Gasteiger partial charge in [0.25, 0.3) is 0 Å². The lowest BCUT2D eigenvalue weighted by atomic mass is 10.2. The smallest absolute Gasteiger partial charge is 0.224 e. The first-order valence-corrected chi connectivity index (χ1v) is 7.41. The van der Waals surface area contributed by atoms with E-state index in [0.29, 0.717) is 25.6 Å². The molecule has 0 saturated heterocycles. The van der Waals surface area contributed by atoms with Gasteiger partial charge in [0.05, 0.1) is 0 Å². The minimum Gasteiger partial charge on any atom is -0.335 e. The first-order valence-electron chi connectivity index (χ1n) is 7.41. The Bertz CT molecular complexity index is 604. The number of rotatable bonds is 6. The number of nitrogens with zero attached hydrogens (tertiary/aromatic N) is 4. The molecule has 2 heterocycles. The molecule has 0 bridgehead atoms. The van der Waals surface area contributed by atoms with E-state index in [1.54, 1.807) is 18.6 Å². The van der Waals surface area contributed by atoms with Crippen molar-refractivity contribution in [2.24, 2.45) is 0 Å². The zero-order valence-corrected chi connectivity index (χ0v) is 12.3. The minimum atomic E-state index is 0.212. The number of aromatic nitrogens is 3. The maximum atomic E-state index is 12.5. The van der Waals surface area contributed by atoms with Gasteiger partial charge in [0.1, 0.15) is 0 Å². The lowest BCUT2D eigenvalue weighted by Crippen LogP contribution is -2.33. The van der Waals surface area contributed by atoms with Gasteiger partial charge in [-0.1, -0.05) is 0 Å². The molecule has 0 N–H and O–H groups in total. The van der Waals surface area contributed by atoms with E-state index >= 15 is 0 Å². The Hall–Kier alpha value is -2.17. The molecule has 1 amide bonds. The van der Waals surface area contributed by atoms with Crippen molar-refractivity contribution in [2.45, 2.75) is 45.3 Å². The van der Waals surface area contributed by atoms with Crippen molar-refractivity contribution in [1.29, 1.82) is 0 Å². The number of amides is 1. The van der Waals surface area contributed by atoms with Crippen molar-refractivity contribution in [3.63, 3.8) is 0 Å². The van der Waals surface area contributed by atoms with Crippen LogP contribution in [0, 0.1) is 6.92 Å². The highest BCUT2D eigenvalue weighted by Crippen LogP contribution is 2.29. The van der Waals surface area contributed by atoms with Crippen molar-refractivity contribution >= 4 is 5.91 Å². The summed E-state index contributed by atoms with van der Waals surface area (Å²) in [6, 6.07) is 6.32. The third-order valence-electron chi connectivity index (χ3n) is 3.88. The van der Waals surface area contributed by atoms with Gasteiger partial charge in [-0.25, -0.2) is 0 Å². The molecule has 5 heteroatoms. The van der Waals surface area contributed by atoms with E-state index in [-0.39, 0.29) is 5.91 Å². The summed E-state index contributed by atoms with van der Waals surface area (Å²) >= 11 is 0. The normalized spacial score (nSPS) is 14.1.